The van der Waals surface area contributed by atoms with Crippen LogP contribution in [0.25, 0.3) is 0 Å². The van der Waals surface area contributed by atoms with E-state index in [0.717, 1.165) is 17.9 Å². The molecule has 94 valence electrons. The van der Waals surface area contributed by atoms with Gasteiger partial charge in [0, 0.05) is 13.1 Å². The van der Waals surface area contributed by atoms with Crippen molar-refractivity contribution in [3.8, 4) is 5.75 Å². The Labute approximate surface area is 107 Å². The lowest BCUT2D eigenvalue weighted by atomic mass is 9.78. The van der Waals surface area contributed by atoms with Gasteiger partial charge in [0.1, 0.15) is 5.75 Å². The van der Waals surface area contributed by atoms with E-state index < -0.39 is 7.12 Å². The van der Waals surface area contributed by atoms with Gasteiger partial charge in [0.15, 0.2) is 0 Å². The first-order chi connectivity index (χ1) is 8.69. The van der Waals surface area contributed by atoms with Crippen molar-refractivity contribution in [1.29, 1.82) is 0 Å². The predicted octanol–water partition coefficient (Wildman–Crippen LogP) is 0.963. The standard InChI is InChI=1S/C13H16BNO3/c1-18-13-4-2-3-11(9-13)10-15-7-5-12(6-8-15)14(16)17/h2-7,9,16-17H,8,10H2,1H3. The fourth-order valence-corrected chi connectivity index (χ4v) is 1.86. The van der Waals surface area contributed by atoms with E-state index in [-0.39, 0.29) is 0 Å². The van der Waals surface area contributed by atoms with Crippen LogP contribution in [0.3, 0.4) is 0 Å². The van der Waals surface area contributed by atoms with Gasteiger partial charge in [-0.05, 0) is 35.4 Å². The molecule has 18 heavy (non-hydrogen) atoms. The van der Waals surface area contributed by atoms with Crippen LogP contribution in [0.4, 0.5) is 0 Å². The monoisotopic (exact) mass is 245 g/mol. The molecule has 0 aromatic heterocycles. The first-order valence-electron chi connectivity index (χ1n) is 5.80. The Kier molecular flexibility index (Phi) is 4.07. The van der Waals surface area contributed by atoms with Crippen molar-refractivity contribution >= 4 is 7.12 Å². The highest BCUT2D eigenvalue weighted by Crippen LogP contribution is 2.16. The van der Waals surface area contributed by atoms with E-state index in [0.29, 0.717) is 12.0 Å². The van der Waals surface area contributed by atoms with Crippen LogP contribution in [0.5, 0.6) is 5.75 Å². The smallest absolute Gasteiger partial charge is 0.488 e. The van der Waals surface area contributed by atoms with Crippen molar-refractivity contribution in [2.45, 2.75) is 6.54 Å². The molecular formula is C13H16BNO3. The lowest BCUT2D eigenvalue weighted by Crippen LogP contribution is -2.24. The summed E-state index contributed by atoms with van der Waals surface area (Å²) in [7, 11) is 0.262. The maximum absolute atomic E-state index is 9.02. The summed E-state index contributed by atoms with van der Waals surface area (Å²) >= 11 is 0. The SMILES string of the molecule is COc1cccc(CN2C=CC(B(O)O)=CC2)c1. The molecule has 0 unspecified atom stereocenters. The van der Waals surface area contributed by atoms with Gasteiger partial charge in [-0.1, -0.05) is 18.2 Å². The van der Waals surface area contributed by atoms with E-state index in [1.54, 1.807) is 13.2 Å². The van der Waals surface area contributed by atoms with Crippen LogP contribution in [0.1, 0.15) is 5.56 Å². The summed E-state index contributed by atoms with van der Waals surface area (Å²) in [5, 5.41) is 18.0. The van der Waals surface area contributed by atoms with Crippen molar-refractivity contribution in [3.63, 3.8) is 0 Å². The number of rotatable bonds is 4. The molecule has 0 bridgehead atoms. The highest BCUT2D eigenvalue weighted by atomic mass is 16.5. The first kappa shape index (κ1) is 12.7. The molecule has 0 saturated heterocycles. The minimum Gasteiger partial charge on any atom is -0.497 e. The molecule has 1 heterocycles. The summed E-state index contributed by atoms with van der Waals surface area (Å²) in [5.74, 6) is 0.843. The van der Waals surface area contributed by atoms with E-state index in [4.69, 9.17) is 14.8 Å². The number of hydrogen-bond acceptors (Lipinski definition) is 4. The summed E-state index contributed by atoms with van der Waals surface area (Å²) in [4.78, 5) is 2.08. The zero-order valence-electron chi connectivity index (χ0n) is 10.3. The number of benzene rings is 1. The average molecular weight is 245 g/mol. The van der Waals surface area contributed by atoms with Gasteiger partial charge in [0.2, 0.25) is 0 Å². The van der Waals surface area contributed by atoms with Crippen LogP contribution in [0.15, 0.2) is 48.1 Å². The van der Waals surface area contributed by atoms with E-state index in [9.17, 15) is 0 Å². The van der Waals surface area contributed by atoms with Crippen molar-refractivity contribution in [2.75, 3.05) is 13.7 Å². The highest BCUT2D eigenvalue weighted by Gasteiger charge is 2.15. The molecule has 2 N–H and O–H groups in total. The number of allylic oxidation sites excluding steroid dienone is 2. The maximum Gasteiger partial charge on any atom is 0.488 e. The quantitative estimate of drug-likeness (QED) is 0.776. The summed E-state index contributed by atoms with van der Waals surface area (Å²) in [5.41, 5.74) is 1.69. The number of hydrogen-bond donors (Lipinski definition) is 2. The van der Waals surface area contributed by atoms with Crippen LogP contribution >= 0.6 is 0 Å². The Morgan fingerprint density at radius 3 is 2.83 bits per heavy atom. The molecule has 2 rings (SSSR count). The van der Waals surface area contributed by atoms with Crippen molar-refractivity contribution < 1.29 is 14.8 Å². The zero-order valence-corrected chi connectivity index (χ0v) is 10.3. The maximum atomic E-state index is 9.02. The van der Waals surface area contributed by atoms with Gasteiger partial charge in [-0.15, -0.1) is 0 Å². The topological polar surface area (TPSA) is 52.9 Å². The van der Waals surface area contributed by atoms with Crippen molar-refractivity contribution in [3.05, 3.63) is 53.7 Å². The van der Waals surface area contributed by atoms with E-state index in [2.05, 4.69) is 4.90 Å². The minimum absolute atomic E-state index is 0.539. The van der Waals surface area contributed by atoms with Gasteiger partial charge in [-0.25, -0.2) is 0 Å². The third-order valence-corrected chi connectivity index (χ3v) is 2.86. The Bertz CT molecular complexity index is 471. The van der Waals surface area contributed by atoms with E-state index in [1.807, 2.05) is 36.5 Å². The molecule has 0 amide bonds. The van der Waals surface area contributed by atoms with Crippen LogP contribution in [0, 0.1) is 0 Å². The van der Waals surface area contributed by atoms with E-state index in [1.165, 1.54) is 0 Å². The molecular weight excluding hydrogens is 229 g/mol. The molecule has 0 radical (unpaired) electrons. The van der Waals surface area contributed by atoms with E-state index >= 15 is 0 Å². The zero-order chi connectivity index (χ0) is 13.0. The summed E-state index contributed by atoms with van der Waals surface area (Å²) in [6.45, 7) is 1.43. The van der Waals surface area contributed by atoms with Crippen LogP contribution < -0.4 is 4.74 Å². The van der Waals surface area contributed by atoms with Gasteiger partial charge in [0.25, 0.3) is 0 Å². The van der Waals surface area contributed by atoms with Gasteiger partial charge in [-0.3, -0.25) is 0 Å². The lowest BCUT2D eigenvalue weighted by Gasteiger charge is -2.22. The number of methoxy groups -OCH3 is 1. The van der Waals surface area contributed by atoms with Gasteiger partial charge in [-0.2, -0.15) is 0 Å². The fraction of sp³-hybridized carbons (Fsp3) is 0.231. The molecule has 1 aliphatic heterocycles. The number of ether oxygens (including phenoxy) is 1. The Balaban J connectivity index is 1.98. The second-order valence-electron chi connectivity index (χ2n) is 4.17. The van der Waals surface area contributed by atoms with Crippen LogP contribution in [-0.2, 0) is 6.54 Å². The third-order valence-electron chi connectivity index (χ3n) is 2.86. The van der Waals surface area contributed by atoms with Crippen LogP contribution in [0.2, 0.25) is 0 Å². The third kappa shape index (κ3) is 3.15. The molecule has 0 fully saturated rings. The molecule has 0 saturated carbocycles. The normalized spacial score (nSPS) is 14.4. The number of nitrogens with zero attached hydrogens (tertiary/aromatic N) is 1. The largest absolute Gasteiger partial charge is 0.497 e. The Morgan fingerprint density at radius 1 is 1.39 bits per heavy atom. The second kappa shape index (κ2) is 5.75. The van der Waals surface area contributed by atoms with Crippen molar-refractivity contribution in [1.82, 2.24) is 4.90 Å². The van der Waals surface area contributed by atoms with Gasteiger partial charge < -0.3 is 19.7 Å². The molecule has 5 heteroatoms. The first-order valence-corrected chi connectivity index (χ1v) is 5.80. The molecule has 1 aromatic carbocycles. The van der Waals surface area contributed by atoms with Gasteiger partial charge >= 0.3 is 7.12 Å². The molecule has 4 nitrogen and oxygen atoms in total. The van der Waals surface area contributed by atoms with Crippen LogP contribution in [-0.4, -0.2) is 35.7 Å². The molecule has 1 aliphatic rings. The summed E-state index contributed by atoms with van der Waals surface area (Å²) in [6.07, 6.45) is 5.40. The predicted molar refractivity (Wildman–Crippen MR) is 70.8 cm³/mol. The van der Waals surface area contributed by atoms with Crippen molar-refractivity contribution in [2.24, 2.45) is 0 Å². The summed E-state index contributed by atoms with van der Waals surface area (Å²) < 4.78 is 5.18. The Hall–Kier alpha value is -1.72. The average Bonchev–Trinajstić information content (AvgIpc) is 2.39. The highest BCUT2D eigenvalue weighted by molar-refractivity contribution is 6.51. The summed E-state index contributed by atoms with van der Waals surface area (Å²) in [6, 6.07) is 7.90. The Morgan fingerprint density at radius 2 is 2.22 bits per heavy atom. The minimum atomic E-state index is -1.39. The second-order valence-corrected chi connectivity index (χ2v) is 4.17. The molecule has 0 spiro atoms. The molecule has 0 atom stereocenters. The lowest BCUT2D eigenvalue weighted by molar-refractivity contribution is 0.392. The molecule has 1 aromatic rings. The molecule has 0 aliphatic carbocycles. The van der Waals surface area contributed by atoms with Gasteiger partial charge in [0.05, 0.1) is 7.11 Å². The fourth-order valence-electron chi connectivity index (χ4n) is 1.86.